The van der Waals surface area contributed by atoms with Crippen molar-refractivity contribution in [2.45, 2.75) is 25.7 Å². The van der Waals surface area contributed by atoms with Gasteiger partial charge in [-0.2, -0.15) is 0 Å². The number of nitrogens with zero attached hydrogens (tertiary/aromatic N) is 1. The van der Waals surface area contributed by atoms with E-state index in [1.54, 1.807) is 6.07 Å². The summed E-state index contributed by atoms with van der Waals surface area (Å²) in [6.45, 7) is 3.38. The molecule has 1 radical (unpaired) electrons. The van der Waals surface area contributed by atoms with Crippen molar-refractivity contribution in [3.8, 4) is 0 Å². The van der Waals surface area contributed by atoms with Gasteiger partial charge < -0.3 is 10.6 Å². The van der Waals surface area contributed by atoms with E-state index in [9.17, 15) is 4.79 Å². The van der Waals surface area contributed by atoms with Gasteiger partial charge in [0.1, 0.15) is 0 Å². The molecule has 0 saturated carbocycles. The average Bonchev–Trinajstić information content (AvgIpc) is 2.38. The second-order valence-electron chi connectivity index (χ2n) is 4.59. The van der Waals surface area contributed by atoms with Crippen LogP contribution in [0.1, 0.15) is 35.2 Å². The van der Waals surface area contributed by atoms with Crippen LogP contribution < -0.4 is 5.73 Å². The molecule has 91 valence electrons. The molecule has 1 heterocycles. The molecule has 1 aliphatic rings. The zero-order chi connectivity index (χ0) is 12.1. The number of carbonyl (C=O) groups excluding carboxylic acids is 1. The van der Waals surface area contributed by atoms with E-state index in [2.05, 4.69) is 11.0 Å². The molecule has 2 rings (SSSR count). The molecular weight excluding hydrogens is 212 g/mol. The van der Waals surface area contributed by atoms with Gasteiger partial charge >= 0.3 is 0 Å². The third-order valence-corrected chi connectivity index (χ3v) is 3.33. The fraction of sp³-hybridized carbons (Fsp3) is 0.500. The molecule has 0 spiro atoms. The summed E-state index contributed by atoms with van der Waals surface area (Å²) in [6, 6.07) is 8.56. The van der Waals surface area contributed by atoms with Gasteiger partial charge in [0, 0.05) is 6.54 Å². The van der Waals surface area contributed by atoms with Crippen LogP contribution in [-0.2, 0) is 6.42 Å². The second kappa shape index (κ2) is 5.82. The van der Waals surface area contributed by atoms with E-state index in [1.807, 2.05) is 12.1 Å². The van der Waals surface area contributed by atoms with Gasteiger partial charge in [-0.3, -0.25) is 4.79 Å². The van der Waals surface area contributed by atoms with Crippen LogP contribution >= 0.6 is 0 Å². The predicted octanol–water partition coefficient (Wildman–Crippen LogP) is 1.61. The smallest absolute Gasteiger partial charge is 0.249 e. The molecule has 17 heavy (non-hydrogen) atoms. The highest BCUT2D eigenvalue weighted by atomic mass is 16.1. The number of rotatable bonds is 4. The molecular formula is C14H19N2O. The third kappa shape index (κ3) is 3.30. The van der Waals surface area contributed by atoms with Crippen LogP contribution in [0.4, 0.5) is 0 Å². The number of benzene rings is 1. The predicted molar refractivity (Wildman–Crippen MR) is 67.8 cm³/mol. The highest BCUT2D eigenvalue weighted by molar-refractivity contribution is 5.94. The van der Waals surface area contributed by atoms with Crippen molar-refractivity contribution in [1.82, 2.24) is 4.90 Å². The monoisotopic (exact) mass is 231 g/mol. The van der Waals surface area contributed by atoms with Crippen LogP contribution in [0.5, 0.6) is 0 Å². The lowest BCUT2D eigenvalue weighted by molar-refractivity contribution is 0.0999. The Labute approximate surface area is 103 Å². The molecule has 1 aromatic carbocycles. The molecule has 3 heteroatoms. The summed E-state index contributed by atoms with van der Waals surface area (Å²) >= 11 is 0. The van der Waals surface area contributed by atoms with Gasteiger partial charge in [-0.1, -0.05) is 24.6 Å². The number of amides is 1. The summed E-state index contributed by atoms with van der Waals surface area (Å²) in [7, 11) is 0. The zero-order valence-corrected chi connectivity index (χ0v) is 10.1. The zero-order valence-electron chi connectivity index (χ0n) is 10.1. The minimum Gasteiger partial charge on any atom is -0.366 e. The Hall–Kier alpha value is -1.35. The number of nitrogens with two attached hydrogens (primary N) is 1. The summed E-state index contributed by atoms with van der Waals surface area (Å²) in [5, 5.41) is 0. The van der Waals surface area contributed by atoms with Crippen molar-refractivity contribution in [2.75, 3.05) is 19.6 Å². The number of likely N-dealkylation sites (tertiary alicyclic amines) is 1. The van der Waals surface area contributed by atoms with E-state index in [4.69, 9.17) is 5.73 Å². The largest absolute Gasteiger partial charge is 0.366 e. The SMILES string of the molecule is NC(=O)c1[c]cccc1CCN1CCCCC1. The van der Waals surface area contributed by atoms with Gasteiger partial charge in [-0.05, 0) is 44.0 Å². The molecule has 0 atom stereocenters. The van der Waals surface area contributed by atoms with Crippen molar-refractivity contribution < 1.29 is 4.79 Å². The Morgan fingerprint density at radius 1 is 1.35 bits per heavy atom. The van der Waals surface area contributed by atoms with Crippen molar-refractivity contribution in [2.24, 2.45) is 5.73 Å². The van der Waals surface area contributed by atoms with Gasteiger partial charge in [0.25, 0.3) is 0 Å². The van der Waals surface area contributed by atoms with Gasteiger partial charge in [0.2, 0.25) is 5.91 Å². The lowest BCUT2D eigenvalue weighted by Crippen LogP contribution is -2.31. The molecule has 1 aromatic rings. The Morgan fingerprint density at radius 2 is 2.12 bits per heavy atom. The standard InChI is InChI=1S/C14H19N2O/c15-14(17)13-7-3-2-6-12(13)8-11-16-9-4-1-5-10-16/h2-3,6H,1,4-5,8-11H2,(H2,15,17). The van der Waals surface area contributed by atoms with Crippen LogP contribution in [-0.4, -0.2) is 30.4 Å². The Bertz CT molecular complexity index is 384. The van der Waals surface area contributed by atoms with Crippen molar-refractivity contribution >= 4 is 5.91 Å². The molecule has 1 amide bonds. The first-order chi connectivity index (χ1) is 8.27. The normalized spacial score (nSPS) is 16.9. The molecule has 1 fully saturated rings. The molecule has 2 N–H and O–H groups in total. The lowest BCUT2D eigenvalue weighted by atomic mass is 10.0. The average molecular weight is 231 g/mol. The summed E-state index contributed by atoms with van der Waals surface area (Å²) in [5.74, 6) is -0.376. The quantitative estimate of drug-likeness (QED) is 0.855. The summed E-state index contributed by atoms with van der Waals surface area (Å²) in [6.07, 6.45) is 4.82. The molecule has 0 unspecified atom stereocenters. The van der Waals surface area contributed by atoms with Crippen molar-refractivity contribution in [3.05, 3.63) is 35.4 Å². The first kappa shape index (κ1) is 12.1. The Balaban J connectivity index is 1.96. The lowest BCUT2D eigenvalue weighted by Gasteiger charge is -2.26. The van der Waals surface area contributed by atoms with Gasteiger partial charge in [-0.25, -0.2) is 0 Å². The first-order valence-electron chi connectivity index (χ1n) is 6.29. The van der Waals surface area contributed by atoms with Crippen LogP contribution in [0.3, 0.4) is 0 Å². The van der Waals surface area contributed by atoms with Gasteiger partial charge in [0.05, 0.1) is 5.56 Å². The molecule has 0 aromatic heterocycles. The molecule has 0 bridgehead atoms. The minimum absolute atomic E-state index is 0.376. The highest BCUT2D eigenvalue weighted by Crippen LogP contribution is 2.12. The van der Waals surface area contributed by atoms with E-state index in [0.717, 1.165) is 18.5 Å². The fourth-order valence-corrected chi connectivity index (χ4v) is 2.37. The topological polar surface area (TPSA) is 46.3 Å². The maximum absolute atomic E-state index is 11.3. The number of hydrogen-bond acceptors (Lipinski definition) is 2. The molecule has 1 saturated heterocycles. The maximum Gasteiger partial charge on any atom is 0.249 e. The van der Waals surface area contributed by atoms with E-state index in [0.29, 0.717) is 5.56 Å². The highest BCUT2D eigenvalue weighted by Gasteiger charge is 2.12. The number of piperidine rings is 1. The van der Waals surface area contributed by atoms with Crippen molar-refractivity contribution in [1.29, 1.82) is 0 Å². The minimum atomic E-state index is -0.376. The molecule has 1 aliphatic heterocycles. The number of hydrogen-bond donors (Lipinski definition) is 1. The molecule has 0 aliphatic carbocycles. The third-order valence-electron chi connectivity index (χ3n) is 3.33. The van der Waals surface area contributed by atoms with E-state index < -0.39 is 0 Å². The molecule has 3 nitrogen and oxygen atoms in total. The van der Waals surface area contributed by atoms with E-state index in [-0.39, 0.29) is 5.91 Å². The van der Waals surface area contributed by atoms with Gasteiger partial charge in [0.15, 0.2) is 0 Å². The van der Waals surface area contributed by atoms with E-state index in [1.165, 1.54) is 32.4 Å². The maximum atomic E-state index is 11.3. The second-order valence-corrected chi connectivity index (χ2v) is 4.59. The Morgan fingerprint density at radius 3 is 2.82 bits per heavy atom. The summed E-state index contributed by atoms with van der Waals surface area (Å²) < 4.78 is 0. The summed E-state index contributed by atoms with van der Waals surface area (Å²) in [5.41, 5.74) is 6.90. The van der Waals surface area contributed by atoms with E-state index >= 15 is 0 Å². The van der Waals surface area contributed by atoms with Crippen LogP contribution in [0, 0.1) is 6.07 Å². The first-order valence-corrected chi connectivity index (χ1v) is 6.29. The number of primary amides is 1. The summed E-state index contributed by atoms with van der Waals surface area (Å²) in [4.78, 5) is 13.7. The van der Waals surface area contributed by atoms with Crippen molar-refractivity contribution in [3.63, 3.8) is 0 Å². The van der Waals surface area contributed by atoms with Crippen LogP contribution in [0.25, 0.3) is 0 Å². The Kier molecular flexibility index (Phi) is 4.15. The van der Waals surface area contributed by atoms with Crippen LogP contribution in [0.15, 0.2) is 18.2 Å². The van der Waals surface area contributed by atoms with Crippen LogP contribution in [0.2, 0.25) is 0 Å². The number of carbonyl (C=O) groups is 1. The fourth-order valence-electron chi connectivity index (χ4n) is 2.37. The van der Waals surface area contributed by atoms with Gasteiger partial charge in [-0.15, -0.1) is 0 Å².